The van der Waals surface area contributed by atoms with E-state index in [0.717, 1.165) is 41.7 Å². The quantitative estimate of drug-likeness (QED) is 0.874. The van der Waals surface area contributed by atoms with Crippen molar-refractivity contribution >= 4 is 27.5 Å². The van der Waals surface area contributed by atoms with E-state index in [1.165, 1.54) is 0 Å². The lowest BCUT2D eigenvalue weighted by Gasteiger charge is -2.39. The number of likely N-dealkylation sites (tertiary alicyclic amines) is 1. The highest BCUT2D eigenvalue weighted by Crippen LogP contribution is 2.22. The van der Waals surface area contributed by atoms with Crippen LogP contribution in [0.3, 0.4) is 0 Å². The predicted octanol–water partition coefficient (Wildman–Crippen LogP) is 2.77. The van der Waals surface area contributed by atoms with Crippen LogP contribution in [-0.2, 0) is 4.79 Å². The van der Waals surface area contributed by atoms with Gasteiger partial charge in [-0.1, -0.05) is 15.9 Å². The molecule has 116 valence electrons. The average molecular weight is 354 g/mol. The standard InChI is InChI=1S/C16H24BrN3O/c1-12-10-13(17)4-5-14(12)19-15(21)11-20-8-6-16(2,18-3)7-9-20/h4-5,10,18H,6-9,11H2,1-3H3,(H,19,21). The summed E-state index contributed by atoms with van der Waals surface area (Å²) >= 11 is 3.43. The molecule has 0 aliphatic carbocycles. The van der Waals surface area contributed by atoms with E-state index in [4.69, 9.17) is 0 Å². The van der Waals surface area contributed by atoms with Crippen LogP contribution in [0.5, 0.6) is 0 Å². The zero-order chi connectivity index (χ0) is 15.5. The lowest BCUT2D eigenvalue weighted by Crippen LogP contribution is -2.51. The van der Waals surface area contributed by atoms with Crippen LogP contribution in [0.25, 0.3) is 0 Å². The Labute approximate surface area is 135 Å². The van der Waals surface area contributed by atoms with E-state index in [-0.39, 0.29) is 11.4 Å². The molecule has 0 spiro atoms. The SMILES string of the molecule is CNC1(C)CCN(CC(=O)Nc2ccc(Br)cc2C)CC1. The molecular weight excluding hydrogens is 330 g/mol. The van der Waals surface area contributed by atoms with Crippen molar-refractivity contribution in [3.8, 4) is 0 Å². The van der Waals surface area contributed by atoms with Crippen LogP contribution in [0.2, 0.25) is 0 Å². The van der Waals surface area contributed by atoms with Crippen molar-refractivity contribution in [3.63, 3.8) is 0 Å². The maximum absolute atomic E-state index is 12.2. The van der Waals surface area contributed by atoms with Gasteiger partial charge in [0.15, 0.2) is 0 Å². The average Bonchev–Trinajstić information content (AvgIpc) is 2.45. The Morgan fingerprint density at radius 1 is 1.38 bits per heavy atom. The van der Waals surface area contributed by atoms with Crippen LogP contribution < -0.4 is 10.6 Å². The maximum atomic E-state index is 12.2. The number of piperidine rings is 1. The van der Waals surface area contributed by atoms with Crippen LogP contribution in [-0.4, -0.2) is 43.0 Å². The van der Waals surface area contributed by atoms with Crippen LogP contribution in [0.15, 0.2) is 22.7 Å². The number of hydrogen-bond donors (Lipinski definition) is 2. The Bertz CT molecular complexity index is 510. The Morgan fingerprint density at radius 3 is 2.62 bits per heavy atom. The summed E-state index contributed by atoms with van der Waals surface area (Å²) in [6.45, 7) is 6.64. The van der Waals surface area contributed by atoms with E-state index in [9.17, 15) is 4.79 Å². The Hall–Kier alpha value is -0.910. The molecule has 1 amide bonds. The van der Waals surface area contributed by atoms with Gasteiger partial charge in [-0.15, -0.1) is 0 Å². The molecule has 0 atom stereocenters. The summed E-state index contributed by atoms with van der Waals surface area (Å²) < 4.78 is 1.03. The number of hydrogen-bond acceptors (Lipinski definition) is 3. The van der Waals surface area contributed by atoms with Gasteiger partial charge in [0.05, 0.1) is 6.54 Å². The number of carbonyl (C=O) groups is 1. The van der Waals surface area contributed by atoms with Gasteiger partial charge in [0.2, 0.25) is 5.91 Å². The van der Waals surface area contributed by atoms with E-state index in [2.05, 4.69) is 38.4 Å². The summed E-state index contributed by atoms with van der Waals surface area (Å²) in [6, 6.07) is 5.89. The molecule has 1 aromatic rings. The molecule has 2 rings (SSSR count). The van der Waals surface area contributed by atoms with Crippen molar-refractivity contribution in [1.82, 2.24) is 10.2 Å². The number of nitrogens with one attached hydrogen (secondary N) is 2. The van der Waals surface area contributed by atoms with Gasteiger partial charge >= 0.3 is 0 Å². The number of anilines is 1. The van der Waals surface area contributed by atoms with Crippen molar-refractivity contribution in [3.05, 3.63) is 28.2 Å². The van der Waals surface area contributed by atoms with Gasteiger partial charge in [-0.05, 0) is 57.5 Å². The number of aryl methyl sites for hydroxylation is 1. The number of amides is 1. The molecule has 1 heterocycles. The minimum atomic E-state index is 0.0634. The maximum Gasteiger partial charge on any atom is 0.238 e. The third-order valence-electron chi connectivity index (χ3n) is 4.39. The molecule has 1 fully saturated rings. The molecular formula is C16H24BrN3O. The highest BCUT2D eigenvalue weighted by atomic mass is 79.9. The second-order valence-corrected chi connectivity index (χ2v) is 7.01. The summed E-state index contributed by atoms with van der Waals surface area (Å²) in [6.07, 6.45) is 2.15. The van der Waals surface area contributed by atoms with E-state index >= 15 is 0 Å². The van der Waals surface area contributed by atoms with Crippen molar-refractivity contribution in [1.29, 1.82) is 0 Å². The summed E-state index contributed by atoms with van der Waals surface area (Å²) in [5.41, 5.74) is 2.18. The predicted molar refractivity (Wildman–Crippen MR) is 90.6 cm³/mol. The molecule has 0 radical (unpaired) electrons. The molecule has 2 N–H and O–H groups in total. The minimum absolute atomic E-state index is 0.0634. The lowest BCUT2D eigenvalue weighted by molar-refractivity contribution is -0.117. The molecule has 0 saturated carbocycles. The third-order valence-corrected chi connectivity index (χ3v) is 4.89. The van der Waals surface area contributed by atoms with E-state index in [1.54, 1.807) is 0 Å². The second kappa shape index (κ2) is 6.90. The molecule has 21 heavy (non-hydrogen) atoms. The Kier molecular flexibility index (Phi) is 5.41. The molecule has 1 aliphatic rings. The number of carbonyl (C=O) groups excluding carboxylic acids is 1. The number of rotatable bonds is 4. The van der Waals surface area contributed by atoms with Gasteiger partial charge in [-0.25, -0.2) is 0 Å². The van der Waals surface area contributed by atoms with Gasteiger partial charge in [-0.3, -0.25) is 9.69 Å². The van der Waals surface area contributed by atoms with Gasteiger partial charge < -0.3 is 10.6 Å². The molecule has 0 bridgehead atoms. The molecule has 1 aromatic carbocycles. The Morgan fingerprint density at radius 2 is 2.05 bits per heavy atom. The van der Waals surface area contributed by atoms with Crippen molar-refractivity contribution in [2.45, 2.75) is 32.2 Å². The van der Waals surface area contributed by atoms with Crippen molar-refractivity contribution in [2.75, 3.05) is 32.0 Å². The number of halogens is 1. The van der Waals surface area contributed by atoms with Crippen molar-refractivity contribution in [2.24, 2.45) is 0 Å². The topological polar surface area (TPSA) is 44.4 Å². The van der Waals surface area contributed by atoms with E-state index < -0.39 is 0 Å². The molecule has 0 aromatic heterocycles. The molecule has 0 unspecified atom stereocenters. The van der Waals surface area contributed by atoms with Crippen LogP contribution in [0.4, 0.5) is 5.69 Å². The van der Waals surface area contributed by atoms with Crippen LogP contribution >= 0.6 is 15.9 Å². The van der Waals surface area contributed by atoms with Gasteiger partial charge in [0.1, 0.15) is 0 Å². The normalized spacial score (nSPS) is 18.5. The highest BCUT2D eigenvalue weighted by molar-refractivity contribution is 9.10. The van der Waals surface area contributed by atoms with E-state index in [1.807, 2.05) is 32.2 Å². The van der Waals surface area contributed by atoms with Crippen molar-refractivity contribution < 1.29 is 4.79 Å². The molecule has 1 aliphatic heterocycles. The van der Waals surface area contributed by atoms with Crippen LogP contribution in [0, 0.1) is 6.92 Å². The lowest BCUT2D eigenvalue weighted by atomic mass is 9.90. The first kappa shape index (κ1) is 16.5. The monoisotopic (exact) mass is 353 g/mol. The largest absolute Gasteiger partial charge is 0.325 e. The third kappa shape index (κ3) is 4.53. The summed E-state index contributed by atoms with van der Waals surface area (Å²) in [5, 5.41) is 6.38. The Balaban J connectivity index is 1.85. The van der Waals surface area contributed by atoms with Gasteiger partial charge in [0, 0.05) is 28.8 Å². The molecule has 4 nitrogen and oxygen atoms in total. The second-order valence-electron chi connectivity index (χ2n) is 6.09. The number of benzene rings is 1. The summed E-state index contributed by atoms with van der Waals surface area (Å²) in [5.74, 6) is 0.0634. The van der Waals surface area contributed by atoms with Crippen LogP contribution in [0.1, 0.15) is 25.3 Å². The zero-order valence-electron chi connectivity index (χ0n) is 13.0. The first-order chi connectivity index (χ1) is 9.92. The van der Waals surface area contributed by atoms with E-state index in [0.29, 0.717) is 6.54 Å². The minimum Gasteiger partial charge on any atom is -0.325 e. The first-order valence-corrected chi connectivity index (χ1v) is 8.18. The fraction of sp³-hybridized carbons (Fsp3) is 0.562. The number of nitrogens with zero attached hydrogens (tertiary/aromatic N) is 1. The fourth-order valence-corrected chi connectivity index (χ4v) is 3.09. The first-order valence-electron chi connectivity index (χ1n) is 7.39. The van der Waals surface area contributed by atoms with Gasteiger partial charge in [-0.2, -0.15) is 0 Å². The smallest absolute Gasteiger partial charge is 0.238 e. The highest BCUT2D eigenvalue weighted by Gasteiger charge is 2.28. The summed E-state index contributed by atoms with van der Waals surface area (Å²) in [4.78, 5) is 14.4. The van der Waals surface area contributed by atoms with Gasteiger partial charge in [0.25, 0.3) is 0 Å². The molecule has 1 saturated heterocycles. The zero-order valence-corrected chi connectivity index (χ0v) is 14.6. The fourth-order valence-electron chi connectivity index (χ4n) is 2.61. The molecule has 5 heteroatoms. The summed E-state index contributed by atoms with van der Waals surface area (Å²) in [7, 11) is 2.01.